The molecule has 2 atom stereocenters. The summed E-state index contributed by atoms with van der Waals surface area (Å²) in [6.45, 7) is 2.32. The molecule has 1 aliphatic carbocycles. The van der Waals surface area contributed by atoms with Gasteiger partial charge in [0.2, 0.25) is 0 Å². The second-order valence-electron chi connectivity index (χ2n) is 5.23. The summed E-state index contributed by atoms with van der Waals surface area (Å²) in [5, 5.41) is 0.819. The SMILES string of the molecule is CC(Br)C1(CC2Cc3ccccc3S2)CC1. The lowest BCUT2D eigenvalue weighted by molar-refractivity contribution is 0.459. The normalized spacial score (nSPS) is 27.5. The van der Waals surface area contributed by atoms with E-state index in [0.29, 0.717) is 10.2 Å². The fourth-order valence-electron chi connectivity index (χ4n) is 2.75. The lowest BCUT2D eigenvalue weighted by Gasteiger charge is -2.21. The summed E-state index contributed by atoms with van der Waals surface area (Å²) in [6, 6.07) is 8.90. The van der Waals surface area contributed by atoms with Crippen molar-refractivity contribution in [1.29, 1.82) is 0 Å². The summed E-state index contributed by atoms with van der Waals surface area (Å²) in [4.78, 5) is 2.20. The van der Waals surface area contributed by atoms with Crippen LogP contribution in [-0.2, 0) is 6.42 Å². The van der Waals surface area contributed by atoms with Crippen LogP contribution in [0.15, 0.2) is 29.2 Å². The first-order chi connectivity index (χ1) is 7.70. The minimum absolute atomic E-state index is 0.625. The molecule has 1 aromatic carbocycles. The van der Waals surface area contributed by atoms with E-state index in [1.807, 2.05) is 0 Å². The van der Waals surface area contributed by atoms with E-state index >= 15 is 0 Å². The molecule has 2 unspecified atom stereocenters. The molecule has 0 spiro atoms. The molecule has 86 valence electrons. The predicted octanol–water partition coefficient (Wildman–Crippen LogP) is 4.66. The number of benzene rings is 1. The zero-order chi connectivity index (χ0) is 11.2. The van der Waals surface area contributed by atoms with Crippen molar-refractivity contribution in [3.8, 4) is 0 Å². The van der Waals surface area contributed by atoms with Crippen molar-refractivity contribution < 1.29 is 0 Å². The van der Waals surface area contributed by atoms with Gasteiger partial charge in [-0.15, -0.1) is 11.8 Å². The number of hydrogen-bond acceptors (Lipinski definition) is 1. The Morgan fingerprint density at radius 1 is 1.44 bits per heavy atom. The maximum absolute atomic E-state index is 3.79. The Bertz CT molecular complexity index is 370. The van der Waals surface area contributed by atoms with Crippen molar-refractivity contribution in [2.24, 2.45) is 5.41 Å². The highest BCUT2D eigenvalue weighted by molar-refractivity contribution is 9.09. The van der Waals surface area contributed by atoms with Gasteiger partial charge in [0.25, 0.3) is 0 Å². The topological polar surface area (TPSA) is 0 Å². The van der Waals surface area contributed by atoms with E-state index in [9.17, 15) is 0 Å². The third-order valence-electron chi connectivity index (χ3n) is 4.08. The molecule has 1 heterocycles. The molecule has 16 heavy (non-hydrogen) atoms. The first kappa shape index (κ1) is 11.2. The molecule has 1 aliphatic heterocycles. The molecule has 0 bridgehead atoms. The van der Waals surface area contributed by atoms with Gasteiger partial charge >= 0.3 is 0 Å². The van der Waals surface area contributed by atoms with Crippen LogP contribution in [-0.4, -0.2) is 10.1 Å². The van der Waals surface area contributed by atoms with E-state index in [-0.39, 0.29) is 0 Å². The molecule has 0 radical (unpaired) electrons. The fraction of sp³-hybridized carbons (Fsp3) is 0.571. The maximum Gasteiger partial charge on any atom is 0.0174 e. The van der Waals surface area contributed by atoms with Crippen LogP contribution in [0.25, 0.3) is 0 Å². The van der Waals surface area contributed by atoms with E-state index in [1.54, 1.807) is 5.56 Å². The summed E-state index contributed by atoms with van der Waals surface area (Å²) in [7, 11) is 0. The molecule has 0 saturated heterocycles. The summed E-state index contributed by atoms with van der Waals surface area (Å²) >= 11 is 5.89. The Labute approximate surface area is 110 Å². The molecule has 1 fully saturated rings. The average molecular weight is 297 g/mol. The first-order valence-electron chi connectivity index (χ1n) is 6.08. The van der Waals surface area contributed by atoms with Gasteiger partial charge in [-0.3, -0.25) is 0 Å². The van der Waals surface area contributed by atoms with Crippen LogP contribution >= 0.6 is 27.7 Å². The van der Waals surface area contributed by atoms with Crippen molar-refractivity contribution >= 4 is 27.7 Å². The lowest BCUT2D eigenvalue weighted by Crippen LogP contribution is -2.18. The molecule has 2 heteroatoms. The largest absolute Gasteiger partial charge is 0.122 e. The van der Waals surface area contributed by atoms with Crippen LogP contribution in [0, 0.1) is 5.41 Å². The minimum atomic E-state index is 0.625. The lowest BCUT2D eigenvalue weighted by atomic mass is 9.94. The van der Waals surface area contributed by atoms with Crippen molar-refractivity contribution in [3.05, 3.63) is 29.8 Å². The molecule has 2 aliphatic rings. The fourth-order valence-corrected chi connectivity index (χ4v) is 4.89. The first-order valence-corrected chi connectivity index (χ1v) is 7.88. The van der Waals surface area contributed by atoms with Gasteiger partial charge in [0.15, 0.2) is 0 Å². The highest BCUT2D eigenvalue weighted by Gasteiger charge is 2.48. The Hall–Kier alpha value is 0.0500. The van der Waals surface area contributed by atoms with Crippen LogP contribution < -0.4 is 0 Å². The van der Waals surface area contributed by atoms with Gasteiger partial charge < -0.3 is 0 Å². The van der Waals surface area contributed by atoms with E-state index in [0.717, 1.165) is 5.25 Å². The Kier molecular flexibility index (Phi) is 2.83. The molecule has 1 saturated carbocycles. The van der Waals surface area contributed by atoms with Crippen molar-refractivity contribution in [2.75, 3.05) is 0 Å². The van der Waals surface area contributed by atoms with Gasteiger partial charge in [-0.1, -0.05) is 41.1 Å². The molecule has 0 amide bonds. The van der Waals surface area contributed by atoms with Crippen LogP contribution in [0.2, 0.25) is 0 Å². The smallest absolute Gasteiger partial charge is 0.0174 e. The molecular formula is C14H17BrS. The monoisotopic (exact) mass is 296 g/mol. The maximum atomic E-state index is 3.79. The Morgan fingerprint density at radius 3 is 2.81 bits per heavy atom. The van der Waals surface area contributed by atoms with Gasteiger partial charge in [0.1, 0.15) is 0 Å². The Morgan fingerprint density at radius 2 is 2.19 bits per heavy atom. The van der Waals surface area contributed by atoms with Crippen molar-refractivity contribution in [3.63, 3.8) is 0 Å². The van der Waals surface area contributed by atoms with Gasteiger partial charge in [0.05, 0.1) is 0 Å². The van der Waals surface area contributed by atoms with E-state index < -0.39 is 0 Å². The summed E-state index contributed by atoms with van der Waals surface area (Å²) < 4.78 is 0. The molecule has 0 aromatic heterocycles. The van der Waals surface area contributed by atoms with E-state index in [2.05, 4.69) is 58.9 Å². The molecular weight excluding hydrogens is 280 g/mol. The molecule has 0 nitrogen and oxygen atoms in total. The van der Waals surface area contributed by atoms with E-state index in [4.69, 9.17) is 0 Å². The highest BCUT2D eigenvalue weighted by atomic mass is 79.9. The second-order valence-corrected chi connectivity index (χ2v) is 7.95. The minimum Gasteiger partial charge on any atom is -0.122 e. The number of fused-ring (bicyclic) bond motifs is 1. The predicted molar refractivity (Wildman–Crippen MR) is 74.5 cm³/mol. The zero-order valence-electron chi connectivity index (χ0n) is 9.58. The van der Waals surface area contributed by atoms with Crippen molar-refractivity contribution in [1.82, 2.24) is 0 Å². The standard InChI is InChI=1S/C14H17BrS/c1-10(15)14(6-7-14)9-12-8-11-4-2-3-5-13(11)16-12/h2-5,10,12H,6-9H2,1H3. The van der Waals surface area contributed by atoms with E-state index in [1.165, 1.54) is 30.6 Å². The number of alkyl halides is 1. The third-order valence-corrected chi connectivity index (χ3v) is 6.37. The number of rotatable bonds is 3. The summed E-state index contributed by atoms with van der Waals surface area (Å²) in [6.07, 6.45) is 5.51. The molecule has 0 N–H and O–H groups in total. The van der Waals surface area contributed by atoms with Gasteiger partial charge in [0, 0.05) is 15.0 Å². The molecule has 3 rings (SSSR count). The summed E-state index contributed by atoms with van der Waals surface area (Å²) in [5.74, 6) is 0. The van der Waals surface area contributed by atoms with Gasteiger partial charge in [-0.05, 0) is 42.7 Å². The second kappa shape index (κ2) is 4.06. The van der Waals surface area contributed by atoms with Crippen molar-refractivity contribution in [2.45, 2.75) is 47.6 Å². The third kappa shape index (κ3) is 1.95. The van der Waals surface area contributed by atoms with Crippen LogP contribution in [0.1, 0.15) is 31.7 Å². The molecule has 1 aromatic rings. The average Bonchev–Trinajstić information content (AvgIpc) is 2.92. The van der Waals surface area contributed by atoms with Gasteiger partial charge in [-0.25, -0.2) is 0 Å². The van der Waals surface area contributed by atoms with Crippen LogP contribution in [0.3, 0.4) is 0 Å². The summed E-state index contributed by atoms with van der Waals surface area (Å²) in [5.41, 5.74) is 2.19. The Balaban J connectivity index is 1.69. The highest BCUT2D eigenvalue weighted by Crippen LogP contribution is 2.57. The van der Waals surface area contributed by atoms with Crippen LogP contribution in [0.5, 0.6) is 0 Å². The zero-order valence-corrected chi connectivity index (χ0v) is 12.0. The van der Waals surface area contributed by atoms with Gasteiger partial charge in [-0.2, -0.15) is 0 Å². The number of hydrogen-bond donors (Lipinski definition) is 0. The number of thioether (sulfide) groups is 1. The quantitative estimate of drug-likeness (QED) is 0.731. The van der Waals surface area contributed by atoms with Crippen LogP contribution in [0.4, 0.5) is 0 Å². The number of halogens is 1.